The number of hydrogen-bond donors (Lipinski definition) is 1. The van der Waals surface area contributed by atoms with Gasteiger partial charge in [0.25, 0.3) is 0 Å². The van der Waals surface area contributed by atoms with Gasteiger partial charge < -0.3 is 9.94 Å². The summed E-state index contributed by atoms with van der Waals surface area (Å²) in [4.78, 5) is 0. The number of hydrogen-bond acceptors (Lipinski definition) is 3. The largest absolute Gasteiger partial charge is 0.489 e. The lowest BCUT2D eigenvalue weighted by Gasteiger charge is -2.07. The van der Waals surface area contributed by atoms with Gasteiger partial charge in [-0.05, 0) is 23.8 Å². The van der Waals surface area contributed by atoms with Crippen LogP contribution >= 0.6 is 15.9 Å². The van der Waals surface area contributed by atoms with Gasteiger partial charge in [-0.3, -0.25) is 0 Å². The van der Waals surface area contributed by atoms with Gasteiger partial charge in [-0.25, -0.2) is 0 Å². The molecular formula is C14H12BrNO2. The third-order valence-corrected chi connectivity index (χ3v) is 2.81. The van der Waals surface area contributed by atoms with E-state index in [1.807, 2.05) is 48.5 Å². The van der Waals surface area contributed by atoms with Crippen molar-refractivity contribution in [3.05, 3.63) is 64.1 Å². The minimum atomic E-state index is 0.507. The Morgan fingerprint density at radius 2 is 1.94 bits per heavy atom. The topological polar surface area (TPSA) is 41.8 Å². The minimum absolute atomic E-state index is 0.507. The SMILES string of the molecule is O/N=C/c1cc(Br)cc(OCc2ccccc2)c1. The number of nitrogens with zero attached hydrogens (tertiary/aromatic N) is 1. The number of oxime groups is 1. The molecule has 0 fully saturated rings. The summed E-state index contributed by atoms with van der Waals surface area (Å²) < 4.78 is 6.56. The average Bonchev–Trinajstić information content (AvgIpc) is 2.37. The minimum Gasteiger partial charge on any atom is -0.489 e. The van der Waals surface area contributed by atoms with Crippen LogP contribution in [0.4, 0.5) is 0 Å². The maximum atomic E-state index is 8.52. The second-order valence-corrected chi connectivity index (χ2v) is 4.65. The fourth-order valence-electron chi connectivity index (χ4n) is 1.55. The van der Waals surface area contributed by atoms with Crippen LogP contribution in [0.1, 0.15) is 11.1 Å². The highest BCUT2D eigenvalue weighted by Gasteiger charge is 2.00. The average molecular weight is 306 g/mol. The highest BCUT2D eigenvalue weighted by Crippen LogP contribution is 2.21. The van der Waals surface area contributed by atoms with Crippen molar-refractivity contribution in [1.82, 2.24) is 0 Å². The summed E-state index contributed by atoms with van der Waals surface area (Å²) in [5.41, 5.74) is 1.88. The van der Waals surface area contributed by atoms with Crippen LogP contribution in [0.15, 0.2) is 58.2 Å². The molecule has 0 spiro atoms. The molecule has 3 nitrogen and oxygen atoms in total. The highest BCUT2D eigenvalue weighted by molar-refractivity contribution is 9.10. The van der Waals surface area contributed by atoms with E-state index < -0.39 is 0 Å². The van der Waals surface area contributed by atoms with Gasteiger partial charge in [0.15, 0.2) is 0 Å². The van der Waals surface area contributed by atoms with Crippen molar-refractivity contribution >= 4 is 22.1 Å². The van der Waals surface area contributed by atoms with Crippen LogP contribution in [0.2, 0.25) is 0 Å². The van der Waals surface area contributed by atoms with Gasteiger partial charge in [-0.1, -0.05) is 51.4 Å². The molecule has 0 amide bonds. The molecule has 0 aliphatic rings. The van der Waals surface area contributed by atoms with E-state index >= 15 is 0 Å². The molecule has 0 unspecified atom stereocenters. The van der Waals surface area contributed by atoms with Crippen molar-refractivity contribution in [2.75, 3.05) is 0 Å². The first-order valence-electron chi connectivity index (χ1n) is 5.42. The summed E-state index contributed by atoms with van der Waals surface area (Å²) in [5.74, 6) is 0.725. The Morgan fingerprint density at radius 1 is 1.17 bits per heavy atom. The summed E-state index contributed by atoms with van der Waals surface area (Å²) in [6.45, 7) is 0.507. The molecule has 0 bridgehead atoms. The molecule has 0 saturated carbocycles. The fraction of sp³-hybridized carbons (Fsp3) is 0.0714. The van der Waals surface area contributed by atoms with E-state index in [0.29, 0.717) is 6.61 Å². The second kappa shape index (κ2) is 6.21. The van der Waals surface area contributed by atoms with Gasteiger partial charge in [0, 0.05) is 10.0 Å². The lowest BCUT2D eigenvalue weighted by atomic mass is 10.2. The predicted octanol–water partition coefficient (Wildman–Crippen LogP) is 3.84. The summed E-state index contributed by atoms with van der Waals surface area (Å²) in [5, 5.41) is 11.5. The van der Waals surface area contributed by atoms with Gasteiger partial charge in [-0.2, -0.15) is 0 Å². The second-order valence-electron chi connectivity index (χ2n) is 3.74. The summed E-state index contributed by atoms with van der Waals surface area (Å²) in [6.07, 6.45) is 1.36. The number of benzene rings is 2. The van der Waals surface area contributed by atoms with E-state index in [9.17, 15) is 0 Å². The molecule has 92 valence electrons. The van der Waals surface area contributed by atoms with Gasteiger partial charge in [-0.15, -0.1) is 0 Å². The Kier molecular flexibility index (Phi) is 4.36. The van der Waals surface area contributed by atoms with E-state index in [2.05, 4.69) is 21.1 Å². The van der Waals surface area contributed by atoms with Crippen molar-refractivity contribution in [2.24, 2.45) is 5.16 Å². The van der Waals surface area contributed by atoms with Crippen molar-refractivity contribution in [2.45, 2.75) is 6.61 Å². The molecule has 18 heavy (non-hydrogen) atoms. The van der Waals surface area contributed by atoms with Crippen LogP contribution in [0.5, 0.6) is 5.75 Å². The molecule has 0 aliphatic heterocycles. The van der Waals surface area contributed by atoms with Crippen LogP contribution in [-0.2, 0) is 6.61 Å². The van der Waals surface area contributed by atoms with Gasteiger partial charge in [0.2, 0.25) is 0 Å². The highest BCUT2D eigenvalue weighted by atomic mass is 79.9. The fourth-order valence-corrected chi connectivity index (χ4v) is 2.04. The zero-order chi connectivity index (χ0) is 12.8. The van der Waals surface area contributed by atoms with Crippen molar-refractivity contribution in [1.29, 1.82) is 0 Å². The van der Waals surface area contributed by atoms with Gasteiger partial charge >= 0.3 is 0 Å². The van der Waals surface area contributed by atoms with E-state index in [4.69, 9.17) is 9.94 Å². The molecule has 1 N–H and O–H groups in total. The number of rotatable bonds is 4. The third kappa shape index (κ3) is 3.60. The zero-order valence-corrected chi connectivity index (χ0v) is 11.2. The lowest BCUT2D eigenvalue weighted by Crippen LogP contribution is -1.96. The maximum absolute atomic E-state index is 8.52. The molecule has 0 atom stereocenters. The van der Waals surface area contributed by atoms with Crippen molar-refractivity contribution < 1.29 is 9.94 Å². The Morgan fingerprint density at radius 3 is 2.67 bits per heavy atom. The first-order valence-corrected chi connectivity index (χ1v) is 6.22. The van der Waals surface area contributed by atoms with E-state index in [0.717, 1.165) is 21.3 Å². The standard InChI is InChI=1S/C14H12BrNO2/c15-13-6-12(9-16-17)7-14(8-13)18-10-11-4-2-1-3-5-11/h1-9,17H,10H2/b16-9+. The maximum Gasteiger partial charge on any atom is 0.121 e. The van der Waals surface area contributed by atoms with Crippen molar-refractivity contribution in [3.8, 4) is 5.75 Å². The van der Waals surface area contributed by atoms with Crippen LogP contribution in [0.25, 0.3) is 0 Å². The Labute approximate surface area is 114 Å². The Hall–Kier alpha value is -1.81. The van der Waals surface area contributed by atoms with E-state index in [1.54, 1.807) is 0 Å². The number of ether oxygens (including phenoxy) is 1. The molecule has 0 aromatic heterocycles. The van der Waals surface area contributed by atoms with Gasteiger partial charge in [0.1, 0.15) is 12.4 Å². The molecule has 2 aromatic carbocycles. The molecular weight excluding hydrogens is 294 g/mol. The Balaban J connectivity index is 2.09. The first-order chi connectivity index (χ1) is 8.78. The summed E-state index contributed by atoms with van der Waals surface area (Å²) in [7, 11) is 0. The number of halogens is 1. The Bertz CT molecular complexity index is 541. The van der Waals surface area contributed by atoms with E-state index in [-0.39, 0.29) is 0 Å². The summed E-state index contributed by atoms with van der Waals surface area (Å²) >= 11 is 3.39. The van der Waals surface area contributed by atoms with E-state index in [1.165, 1.54) is 6.21 Å². The van der Waals surface area contributed by atoms with Gasteiger partial charge in [0.05, 0.1) is 6.21 Å². The monoisotopic (exact) mass is 305 g/mol. The predicted molar refractivity (Wildman–Crippen MR) is 74.3 cm³/mol. The van der Waals surface area contributed by atoms with Crippen LogP contribution in [0.3, 0.4) is 0 Å². The third-order valence-electron chi connectivity index (χ3n) is 2.35. The molecule has 0 radical (unpaired) electrons. The van der Waals surface area contributed by atoms with Crippen LogP contribution < -0.4 is 4.74 Å². The van der Waals surface area contributed by atoms with Crippen LogP contribution in [-0.4, -0.2) is 11.4 Å². The summed E-state index contributed by atoms with van der Waals surface area (Å²) in [6, 6.07) is 15.5. The molecule has 2 aromatic rings. The molecule has 0 saturated heterocycles. The lowest BCUT2D eigenvalue weighted by molar-refractivity contribution is 0.306. The molecule has 4 heteroatoms. The molecule has 2 rings (SSSR count). The molecule has 0 aliphatic carbocycles. The normalized spacial score (nSPS) is 10.7. The quantitative estimate of drug-likeness (QED) is 0.530. The first kappa shape index (κ1) is 12.6. The van der Waals surface area contributed by atoms with Crippen molar-refractivity contribution in [3.63, 3.8) is 0 Å². The van der Waals surface area contributed by atoms with Crippen LogP contribution in [0, 0.1) is 0 Å². The smallest absolute Gasteiger partial charge is 0.121 e. The zero-order valence-electron chi connectivity index (χ0n) is 9.58. The molecule has 0 heterocycles.